The predicted molar refractivity (Wildman–Crippen MR) is 77.3 cm³/mol. The third-order valence-electron chi connectivity index (χ3n) is 4.86. The second-order valence-corrected chi connectivity index (χ2v) is 6.93. The minimum atomic E-state index is -0.837. The van der Waals surface area contributed by atoms with Gasteiger partial charge in [-0.15, -0.1) is 0 Å². The zero-order valence-corrected chi connectivity index (χ0v) is 12.7. The second kappa shape index (κ2) is 6.15. The number of carboxylic acid groups (broad SMARTS) is 1. The molecule has 2 aliphatic rings. The summed E-state index contributed by atoms with van der Waals surface area (Å²) in [6, 6.07) is -0.596. The molecule has 1 amide bonds. The van der Waals surface area contributed by atoms with Crippen LogP contribution in [0.1, 0.15) is 65.2 Å². The van der Waals surface area contributed by atoms with Gasteiger partial charge in [-0.3, -0.25) is 4.79 Å². The van der Waals surface area contributed by atoms with Crippen molar-refractivity contribution in [1.82, 2.24) is 4.90 Å². The standard InChI is InChI=1S/C16H27NO3/c1-12(2)11-16(8-4-5-9-16)15(20)17-10-6-3-7-13(17)14(18)19/h12-13H,3-11H2,1-2H3,(H,18,19)/t13-/m1/s1. The molecule has 0 aromatic rings. The number of carboxylic acids is 1. The molecule has 2 fully saturated rings. The fourth-order valence-corrected chi connectivity index (χ4v) is 4.07. The Morgan fingerprint density at radius 2 is 1.85 bits per heavy atom. The fraction of sp³-hybridized carbons (Fsp3) is 0.875. The third-order valence-corrected chi connectivity index (χ3v) is 4.86. The highest BCUT2D eigenvalue weighted by Gasteiger charge is 2.46. The number of piperidine rings is 1. The number of carbonyl (C=O) groups is 2. The van der Waals surface area contributed by atoms with E-state index in [4.69, 9.17) is 0 Å². The molecule has 0 radical (unpaired) electrons. The van der Waals surface area contributed by atoms with Gasteiger partial charge in [-0.05, 0) is 44.4 Å². The Kier molecular flexibility index (Phi) is 4.71. The largest absolute Gasteiger partial charge is 0.480 e. The van der Waals surface area contributed by atoms with E-state index in [9.17, 15) is 14.7 Å². The van der Waals surface area contributed by atoms with Gasteiger partial charge in [0.15, 0.2) is 0 Å². The molecule has 4 nitrogen and oxygen atoms in total. The summed E-state index contributed by atoms with van der Waals surface area (Å²) in [5, 5.41) is 9.37. The van der Waals surface area contributed by atoms with Crippen LogP contribution in [0.25, 0.3) is 0 Å². The van der Waals surface area contributed by atoms with Gasteiger partial charge in [0.2, 0.25) is 5.91 Å². The molecule has 0 unspecified atom stereocenters. The van der Waals surface area contributed by atoms with Crippen LogP contribution in [0.15, 0.2) is 0 Å². The van der Waals surface area contributed by atoms with Crippen molar-refractivity contribution in [3.8, 4) is 0 Å². The average molecular weight is 281 g/mol. The zero-order valence-electron chi connectivity index (χ0n) is 12.7. The molecule has 2 rings (SSSR count). The van der Waals surface area contributed by atoms with E-state index in [2.05, 4.69) is 13.8 Å². The molecular weight excluding hydrogens is 254 g/mol. The summed E-state index contributed by atoms with van der Waals surface area (Å²) in [6.07, 6.45) is 7.44. The number of aliphatic carboxylic acids is 1. The number of nitrogens with zero attached hydrogens (tertiary/aromatic N) is 1. The Morgan fingerprint density at radius 3 is 2.40 bits per heavy atom. The summed E-state index contributed by atoms with van der Waals surface area (Å²) in [6.45, 7) is 4.92. The predicted octanol–water partition coefficient (Wildman–Crippen LogP) is 3.06. The minimum absolute atomic E-state index is 0.121. The summed E-state index contributed by atoms with van der Waals surface area (Å²) in [5.74, 6) is -0.239. The molecule has 114 valence electrons. The van der Waals surface area contributed by atoms with Gasteiger partial charge in [0.25, 0.3) is 0 Å². The van der Waals surface area contributed by atoms with Gasteiger partial charge < -0.3 is 10.0 Å². The maximum atomic E-state index is 13.0. The molecule has 0 bridgehead atoms. The first-order chi connectivity index (χ1) is 9.46. The van der Waals surface area contributed by atoms with Gasteiger partial charge in [0.1, 0.15) is 6.04 Å². The van der Waals surface area contributed by atoms with Crippen LogP contribution in [-0.4, -0.2) is 34.5 Å². The second-order valence-electron chi connectivity index (χ2n) is 6.93. The van der Waals surface area contributed by atoms with Gasteiger partial charge in [-0.2, -0.15) is 0 Å². The molecule has 0 aromatic carbocycles. The average Bonchev–Trinajstić information content (AvgIpc) is 2.86. The summed E-state index contributed by atoms with van der Waals surface area (Å²) >= 11 is 0. The van der Waals surface area contributed by atoms with Crippen molar-refractivity contribution < 1.29 is 14.7 Å². The molecular formula is C16H27NO3. The van der Waals surface area contributed by atoms with Crippen LogP contribution in [0.5, 0.6) is 0 Å². The van der Waals surface area contributed by atoms with Crippen LogP contribution >= 0.6 is 0 Å². The van der Waals surface area contributed by atoms with E-state index in [0.717, 1.165) is 44.9 Å². The van der Waals surface area contributed by atoms with Gasteiger partial charge in [-0.1, -0.05) is 26.7 Å². The van der Waals surface area contributed by atoms with Crippen molar-refractivity contribution in [2.45, 2.75) is 71.3 Å². The monoisotopic (exact) mass is 281 g/mol. The molecule has 1 N–H and O–H groups in total. The molecule has 20 heavy (non-hydrogen) atoms. The molecule has 1 atom stereocenters. The van der Waals surface area contributed by atoms with Gasteiger partial charge in [-0.25, -0.2) is 4.79 Å². The van der Waals surface area contributed by atoms with Crippen molar-refractivity contribution >= 4 is 11.9 Å². The molecule has 0 spiro atoms. The number of hydrogen-bond donors (Lipinski definition) is 1. The number of rotatable bonds is 4. The van der Waals surface area contributed by atoms with E-state index >= 15 is 0 Å². The third kappa shape index (κ3) is 2.99. The van der Waals surface area contributed by atoms with E-state index in [1.54, 1.807) is 4.90 Å². The Balaban J connectivity index is 2.19. The van der Waals surface area contributed by atoms with Crippen molar-refractivity contribution in [3.05, 3.63) is 0 Å². The Morgan fingerprint density at radius 1 is 1.20 bits per heavy atom. The highest BCUT2D eigenvalue weighted by atomic mass is 16.4. The van der Waals surface area contributed by atoms with Gasteiger partial charge in [0, 0.05) is 12.0 Å². The van der Waals surface area contributed by atoms with Crippen LogP contribution in [0.3, 0.4) is 0 Å². The first-order valence-electron chi connectivity index (χ1n) is 8.00. The van der Waals surface area contributed by atoms with Crippen LogP contribution in [-0.2, 0) is 9.59 Å². The smallest absolute Gasteiger partial charge is 0.326 e. The minimum Gasteiger partial charge on any atom is -0.480 e. The molecule has 1 heterocycles. The van der Waals surface area contributed by atoms with Crippen molar-refractivity contribution in [1.29, 1.82) is 0 Å². The first-order valence-corrected chi connectivity index (χ1v) is 8.00. The summed E-state index contributed by atoms with van der Waals surface area (Å²) in [5.41, 5.74) is -0.279. The summed E-state index contributed by atoms with van der Waals surface area (Å²) in [4.78, 5) is 26.1. The number of hydrogen-bond acceptors (Lipinski definition) is 2. The highest BCUT2D eigenvalue weighted by Crippen LogP contribution is 2.45. The van der Waals surface area contributed by atoms with Gasteiger partial charge >= 0.3 is 5.97 Å². The Hall–Kier alpha value is -1.06. The fourth-order valence-electron chi connectivity index (χ4n) is 4.07. The maximum absolute atomic E-state index is 13.0. The Labute approximate surface area is 121 Å². The lowest BCUT2D eigenvalue weighted by Crippen LogP contribution is -2.53. The van der Waals surface area contributed by atoms with E-state index in [1.165, 1.54) is 0 Å². The SMILES string of the molecule is CC(C)CC1(C(=O)N2CCCC[C@@H]2C(=O)O)CCCC1. The quantitative estimate of drug-likeness (QED) is 0.861. The van der Waals surface area contributed by atoms with Gasteiger partial charge in [0.05, 0.1) is 0 Å². The first kappa shape index (κ1) is 15.3. The van der Waals surface area contributed by atoms with E-state index in [1.807, 2.05) is 0 Å². The number of amides is 1. The lowest BCUT2D eigenvalue weighted by molar-refractivity contribution is -0.158. The lowest BCUT2D eigenvalue weighted by Gasteiger charge is -2.40. The van der Waals surface area contributed by atoms with Crippen LogP contribution < -0.4 is 0 Å². The normalized spacial score (nSPS) is 25.9. The molecule has 0 aromatic heterocycles. The van der Waals surface area contributed by atoms with Crippen LogP contribution in [0, 0.1) is 11.3 Å². The zero-order chi connectivity index (χ0) is 14.8. The summed E-state index contributed by atoms with van der Waals surface area (Å²) < 4.78 is 0. The number of carbonyl (C=O) groups excluding carboxylic acids is 1. The van der Waals surface area contributed by atoms with E-state index in [-0.39, 0.29) is 11.3 Å². The summed E-state index contributed by atoms with van der Waals surface area (Å²) in [7, 11) is 0. The van der Waals surface area contributed by atoms with E-state index < -0.39 is 12.0 Å². The maximum Gasteiger partial charge on any atom is 0.326 e. The molecule has 4 heteroatoms. The van der Waals surface area contributed by atoms with Crippen LogP contribution in [0.2, 0.25) is 0 Å². The van der Waals surface area contributed by atoms with E-state index in [0.29, 0.717) is 18.9 Å². The van der Waals surface area contributed by atoms with Crippen LogP contribution in [0.4, 0.5) is 0 Å². The molecule has 1 saturated heterocycles. The van der Waals surface area contributed by atoms with Crippen molar-refractivity contribution in [3.63, 3.8) is 0 Å². The topological polar surface area (TPSA) is 57.6 Å². The Bertz CT molecular complexity index is 372. The molecule has 1 aliphatic heterocycles. The van der Waals surface area contributed by atoms with Crippen molar-refractivity contribution in [2.75, 3.05) is 6.54 Å². The molecule has 1 aliphatic carbocycles. The number of likely N-dealkylation sites (tertiary alicyclic amines) is 1. The highest BCUT2D eigenvalue weighted by molar-refractivity contribution is 5.88. The van der Waals surface area contributed by atoms with Crippen molar-refractivity contribution in [2.24, 2.45) is 11.3 Å². The lowest BCUT2D eigenvalue weighted by atomic mass is 9.76. The molecule has 1 saturated carbocycles.